The van der Waals surface area contributed by atoms with E-state index in [2.05, 4.69) is 4.98 Å². The SMILES string of the molecule is Nc1nc2ccccc2n1-c1ccccc1C(F)(F)F. The summed E-state index contributed by atoms with van der Waals surface area (Å²) in [6, 6.07) is 12.2. The molecule has 1 heterocycles. The van der Waals surface area contributed by atoms with Gasteiger partial charge in [0.25, 0.3) is 0 Å². The summed E-state index contributed by atoms with van der Waals surface area (Å²) >= 11 is 0. The van der Waals surface area contributed by atoms with Gasteiger partial charge in [0.05, 0.1) is 22.3 Å². The molecule has 0 amide bonds. The highest BCUT2D eigenvalue weighted by atomic mass is 19.4. The molecular formula is C14H10F3N3. The number of imidazole rings is 1. The first kappa shape index (κ1) is 12.5. The van der Waals surface area contributed by atoms with Crippen LogP contribution in [0.5, 0.6) is 0 Å². The topological polar surface area (TPSA) is 43.8 Å². The van der Waals surface area contributed by atoms with Crippen LogP contribution in [-0.2, 0) is 6.18 Å². The molecule has 0 unspecified atom stereocenters. The highest BCUT2D eigenvalue weighted by Gasteiger charge is 2.34. The molecule has 3 nitrogen and oxygen atoms in total. The van der Waals surface area contributed by atoms with Crippen molar-refractivity contribution in [3.63, 3.8) is 0 Å². The average Bonchev–Trinajstić information content (AvgIpc) is 2.73. The van der Waals surface area contributed by atoms with Crippen molar-refractivity contribution < 1.29 is 13.2 Å². The van der Waals surface area contributed by atoms with E-state index in [0.717, 1.165) is 6.07 Å². The molecule has 2 aromatic carbocycles. The van der Waals surface area contributed by atoms with Crippen molar-refractivity contribution in [1.29, 1.82) is 0 Å². The Morgan fingerprint density at radius 2 is 1.60 bits per heavy atom. The summed E-state index contributed by atoms with van der Waals surface area (Å²) in [6.45, 7) is 0. The highest BCUT2D eigenvalue weighted by molar-refractivity contribution is 5.81. The Morgan fingerprint density at radius 3 is 2.35 bits per heavy atom. The average molecular weight is 277 g/mol. The van der Waals surface area contributed by atoms with Crippen molar-refractivity contribution in [1.82, 2.24) is 9.55 Å². The van der Waals surface area contributed by atoms with Crippen LogP contribution in [0.4, 0.5) is 19.1 Å². The van der Waals surface area contributed by atoms with Crippen LogP contribution < -0.4 is 5.73 Å². The third kappa shape index (κ3) is 1.89. The van der Waals surface area contributed by atoms with Crippen LogP contribution in [0.25, 0.3) is 16.7 Å². The van der Waals surface area contributed by atoms with E-state index in [1.807, 2.05) is 0 Å². The maximum absolute atomic E-state index is 13.1. The third-order valence-electron chi connectivity index (χ3n) is 3.04. The lowest BCUT2D eigenvalue weighted by Crippen LogP contribution is -2.12. The summed E-state index contributed by atoms with van der Waals surface area (Å²) < 4.78 is 40.6. The van der Waals surface area contributed by atoms with Crippen LogP contribution in [0.1, 0.15) is 5.56 Å². The van der Waals surface area contributed by atoms with Crippen molar-refractivity contribution in [3.05, 3.63) is 54.1 Å². The summed E-state index contributed by atoms with van der Waals surface area (Å²) in [5, 5.41) is 0. The molecule has 0 spiro atoms. The Labute approximate surface area is 112 Å². The number of halogens is 3. The zero-order valence-electron chi connectivity index (χ0n) is 10.2. The minimum atomic E-state index is -4.45. The van der Waals surface area contributed by atoms with Crippen LogP contribution >= 0.6 is 0 Å². The third-order valence-corrected chi connectivity index (χ3v) is 3.04. The molecule has 1 aromatic heterocycles. The molecule has 102 valence electrons. The van der Waals surface area contributed by atoms with E-state index in [1.54, 1.807) is 30.3 Å². The zero-order chi connectivity index (χ0) is 14.3. The van der Waals surface area contributed by atoms with E-state index in [1.165, 1.54) is 16.7 Å². The highest BCUT2D eigenvalue weighted by Crippen LogP contribution is 2.35. The van der Waals surface area contributed by atoms with Crippen LogP contribution in [0.15, 0.2) is 48.5 Å². The van der Waals surface area contributed by atoms with E-state index in [-0.39, 0.29) is 11.6 Å². The lowest BCUT2D eigenvalue weighted by Gasteiger charge is -2.14. The van der Waals surface area contributed by atoms with Gasteiger partial charge < -0.3 is 5.73 Å². The lowest BCUT2D eigenvalue weighted by atomic mass is 10.1. The van der Waals surface area contributed by atoms with Crippen molar-refractivity contribution in [2.75, 3.05) is 5.73 Å². The van der Waals surface area contributed by atoms with Crippen molar-refractivity contribution >= 4 is 17.0 Å². The predicted octanol–water partition coefficient (Wildman–Crippen LogP) is 3.63. The fourth-order valence-electron chi connectivity index (χ4n) is 2.21. The molecule has 0 bridgehead atoms. The van der Waals surface area contributed by atoms with E-state index >= 15 is 0 Å². The van der Waals surface area contributed by atoms with Gasteiger partial charge in [-0.15, -0.1) is 0 Å². The molecule has 0 saturated carbocycles. The fraction of sp³-hybridized carbons (Fsp3) is 0.0714. The van der Waals surface area contributed by atoms with Crippen molar-refractivity contribution in [2.24, 2.45) is 0 Å². The number of fused-ring (bicyclic) bond motifs is 1. The largest absolute Gasteiger partial charge is 0.418 e. The maximum atomic E-state index is 13.1. The van der Waals surface area contributed by atoms with Gasteiger partial charge in [0.2, 0.25) is 5.95 Å². The van der Waals surface area contributed by atoms with E-state index in [0.29, 0.717) is 11.0 Å². The Morgan fingerprint density at radius 1 is 0.950 bits per heavy atom. The summed E-state index contributed by atoms with van der Waals surface area (Å²) in [5.74, 6) is 0.0305. The van der Waals surface area contributed by atoms with E-state index < -0.39 is 11.7 Å². The molecule has 0 fully saturated rings. The van der Waals surface area contributed by atoms with E-state index in [9.17, 15) is 13.2 Å². The Hall–Kier alpha value is -2.50. The standard InChI is InChI=1S/C14H10F3N3/c15-14(16,17)9-5-1-3-7-11(9)20-12-8-4-2-6-10(12)19-13(20)18/h1-8H,(H2,18,19). The quantitative estimate of drug-likeness (QED) is 0.738. The van der Waals surface area contributed by atoms with Crippen molar-refractivity contribution in [3.8, 4) is 5.69 Å². The second kappa shape index (κ2) is 4.26. The summed E-state index contributed by atoms with van der Waals surface area (Å²) in [4.78, 5) is 4.09. The number of anilines is 1. The summed E-state index contributed by atoms with van der Waals surface area (Å²) in [5.41, 5.74) is 6.12. The van der Waals surface area contributed by atoms with Crippen LogP contribution in [0, 0.1) is 0 Å². The number of alkyl halides is 3. The molecular weight excluding hydrogens is 267 g/mol. The van der Waals surface area contributed by atoms with Crippen LogP contribution in [0.2, 0.25) is 0 Å². The monoisotopic (exact) mass is 277 g/mol. The zero-order valence-corrected chi connectivity index (χ0v) is 10.2. The van der Waals surface area contributed by atoms with Gasteiger partial charge in [-0.2, -0.15) is 13.2 Å². The molecule has 0 saturated heterocycles. The summed E-state index contributed by atoms with van der Waals surface area (Å²) in [6.07, 6.45) is -4.45. The maximum Gasteiger partial charge on any atom is 0.418 e. The van der Waals surface area contributed by atoms with Gasteiger partial charge >= 0.3 is 6.18 Å². The number of nitrogens with two attached hydrogens (primary N) is 1. The first-order valence-corrected chi connectivity index (χ1v) is 5.88. The second-order valence-corrected chi connectivity index (χ2v) is 4.31. The summed E-state index contributed by atoms with van der Waals surface area (Å²) in [7, 11) is 0. The molecule has 2 N–H and O–H groups in total. The molecule has 0 aliphatic rings. The number of hydrogen-bond acceptors (Lipinski definition) is 2. The van der Waals surface area contributed by atoms with Crippen LogP contribution in [0.3, 0.4) is 0 Å². The molecule has 20 heavy (non-hydrogen) atoms. The molecule has 0 aliphatic heterocycles. The smallest absolute Gasteiger partial charge is 0.369 e. The normalized spacial score (nSPS) is 11.9. The van der Waals surface area contributed by atoms with Gasteiger partial charge in [0.15, 0.2) is 0 Å². The molecule has 3 aromatic rings. The van der Waals surface area contributed by atoms with Gasteiger partial charge in [0.1, 0.15) is 0 Å². The first-order chi connectivity index (χ1) is 9.48. The first-order valence-electron chi connectivity index (χ1n) is 5.88. The Bertz CT molecular complexity index is 775. The molecule has 6 heteroatoms. The van der Waals surface area contributed by atoms with Gasteiger partial charge in [-0.3, -0.25) is 4.57 Å². The fourth-order valence-corrected chi connectivity index (χ4v) is 2.21. The van der Waals surface area contributed by atoms with E-state index in [4.69, 9.17) is 5.73 Å². The number of aromatic nitrogens is 2. The number of benzene rings is 2. The minimum absolute atomic E-state index is 0.0220. The van der Waals surface area contributed by atoms with Gasteiger partial charge in [-0.1, -0.05) is 24.3 Å². The molecule has 0 aliphatic carbocycles. The van der Waals surface area contributed by atoms with Gasteiger partial charge in [0, 0.05) is 0 Å². The second-order valence-electron chi connectivity index (χ2n) is 4.31. The number of nitrogen functional groups attached to an aromatic ring is 1. The predicted molar refractivity (Wildman–Crippen MR) is 70.5 cm³/mol. The van der Waals surface area contributed by atoms with Gasteiger partial charge in [-0.25, -0.2) is 4.98 Å². The molecule has 3 rings (SSSR count). The van der Waals surface area contributed by atoms with Crippen LogP contribution in [-0.4, -0.2) is 9.55 Å². The molecule has 0 radical (unpaired) electrons. The number of nitrogens with zero attached hydrogens (tertiary/aromatic N) is 2. The van der Waals surface area contributed by atoms with Crippen molar-refractivity contribution in [2.45, 2.75) is 6.18 Å². The van der Waals surface area contributed by atoms with Gasteiger partial charge in [-0.05, 0) is 24.3 Å². The number of rotatable bonds is 1. The Balaban J connectivity index is 2.35. The lowest BCUT2D eigenvalue weighted by molar-refractivity contribution is -0.137. The number of hydrogen-bond donors (Lipinski definition) is 1. The molecule has 0 atom stereocenters. The number of para-hydroxylation sites is 3. The Kier molecular flexibility index (Phi) is 2.67. The minimum Gasteiger partial charge on any atom is -0.369 e.